The van der Waals surface area contributed by atoms with E-state index in [0.717, 1.165) is 5.56 Å². The van der Waals surface area contributed by atoms with Gasteiger partial charge in [0.25, 0.3) is 5.91 Å². The summed E-state index contributed by atoms with van der Waals surface area (Å²) in [6.07, 6.45) is 1.62. The van der Waals surface area contributed by atoms with E-state index < -0.39 is 5.91 Å². The average molecular weight is 372 g/mol. The third-order valence-electron chi connectivity index (χ3n) is 3.91. The van der Waals surface area contributed by atoms with E-state index in [4.69, 9.17) is 22.1 Å². The van der Waals surface area contributed by atoms with Gasteiger partial charge in [0.1, 0.15) is 6.54 Å². The normalized spacial score (nSPS) is 14.8. The first-order chi connectivity index (χ1) is 12.3. The number of anilines is 2. The number of nitrogens with two attached hydrogens (primary N) is 1. The summed E-state index contributed by atoms with van der Waals surface area (Å²) < 4.78 is 5.76. The zero-order chi connectivity index (χ0) is 18.8. The average Bonchev–Trinajstić information content (AvgIpc) is 2.60. The molecule has 2 N–H and O–H groups in total. The predicted octanol–water partition coefficient (Wildman–Crippen LogP) is 2.78. The van der Waals surface area contributed by atoms with Crippen molar-refractivity contribution < 1.29 is 14.3 Å². The molecule has 0 saturated carbocycles. The molecule has 6 nitrogen and oxygen atoms in total. The van der Waals surface area contributed by atoms with Crippen molar-refractivity contribution >= 4 is 40.9 Å². The number of amides is 2. The zero-order valence-electron chi connectivity index (χ0n) is 14.4. The number of likely N-dealkylation sites (N-methyl/N-ethyl adjacent to an activating group) is 1. The van der Waals surface area contributed by atoms with E-state index in [2.05, 4.69) is 0 Å². The number of rotatable bonds is 3. The quantitative estimate of drug-likeness (QED) is 0.665. The van der Waals surface area contributed by atoms with Crippen molar-refractivity contribution in [2.24, 2.45) is 0 Å². The maximum Gasteiger partial charge on any atom is 0.294 e. The standard InChI is InChI=1S/C19H18ClN3O3/c1-22(2)18(24)11-23-15-10-14(21)7-8-16(15)26-17(19(23)25)9-12-3-5-13(20)6-4-12/h3-10H,11,21H2,1-2H3/b17-9+. The molecule has 2 amide bonds. The minimum absolute atomic E-state index is 0.108. The molecule has 0 aliphatic carbocycles. The SMILES string of the molecule is CN(C)C(=O)CN1C(=O)/C(=C\c2ccc(Cl)cc2)Oc2ccc(N)cc21. The van der Waals surface area contributed by atoms with Crippen molar-refractivity contribution in [2.45, 2.75) is 0 Å². The van der Waals surface area contributed by atoms with Crippen LogP contribution in [0.2, 0.25) is 5.02 Å². The van der Waals surface area contributed by atoms with Gasteiger partial charge in [-0.25, -0.2) is 0 Å². The number of fused-ring (bicyclic) bond motifs is 1. The summed E-state index contributed by atoms with van der Waals surface area (Å²) in [5.74, 6) is -0.0329. The molecule has 0 unspecified atom stereocenters. The van der Waals surface area contributed by atoms with E-state index in [-0.39, 0.29) is 18.2 Å². The molecule has 1 aliphatic rings. The van der Waals surface area contributed by atoms with Crippen molar-refractivity contribution in [3.05, 3.63) is 58.8 Å². The molecule has 0 atom stereocenters. The highest BCUT2D eigenvalue weighted by atomic mass is 35.5. The number of halogens is 1. The lowest BCUT2D eigenvalue weighted by atomic mass is 10.1. The third-order valence-corrected chi connectivity index (χ3v) is 4.16. The van der Waals surface area contributed by atoms with Crippen LogP contribution in [-0.2, 0) is 9.59 Å². The van der Waals surface area contributed by atoms with Gasteiger partial charge >= 0.3 is 0 Å². The molecule has 26 heavy (non-hydrogen) atoms. The van der Waals surface area contributed by atoms with Crippen LogP contribution >= 0.6 is 11.6 Å². The minimum atomic E-state index is -0.409. The van der Waals surface area contributed by atoms with Crippen LogP contribution in [0.1, 0.15) is 5.56 Å². The number of hydrogen-bond donors (Lipinski definition) is 1. The van der Waals surface area contributed by atoms with Gasteiger partial charge < -0.3 is 15.4 Å². The van der Waals surface area contributed by atoms with Gasteiger partial charge in [0.05, 0.1) is 5.69 Å². The molecule has 7 heteroatoms. The van der Waals surface area contributed by atoms with E-state index >= 15 is 0 Å². The van der Waals surface area contributed by atoms with Crippen LogP contribution in [0.25, 0.3) is 6.08 Å². The smallest absolute Gasteiger partial charge is 0.294 e. The van der Waals surface area contributed by atoms with Gasteiger partial charge in [-0.2, -0.15) is 0 Å². The summed E-state index contributed by atoms with van der Waals surface area (Å²) in [5, 5.41) is 0.599. The molecule has 2 aromatic carbocycles. The minimum Gasteiger partial charge on any atom is -0.449 e. The van der Waals surface area contributed by atoms with Crippen molar-refractivity contribution in [3.8, 4) is 5.75 Å². The third kappa shape index (κ3) is 3.65. The molecule has 134 valence electrons. The Labute approximate surface area is 156 Å². The molecule has 0 bridgehead atoms. The molecular weight excluding hydrogens is 354 g/mol. The van der Waals surface area contributed by atoms with Gasteiger partial charge in [0.2, 0.25) is 5.91 Å². The van der Waals surface area contributed by atoms with E-state index in [1.54, 1.807) is 62.6 Å². The number of nitrogen functional groups attached to an aromatic ring is 1. The molecule has 1 aliphatic heterocycles. The molecule has 0 radical (unpaired) electrons. The first-order valence-electron chi connectivity index (χ1n) is 7.92. The van der Waals surface area contributed by atoms with E-state index in [1.807, 2.05) is 0 Å². The Morgan fingerprint density at radius 1 is 1.23 bits per heavy atom. The Hall–Kier alpha value is -2.99. The number of benzene rings is 2. The Balaban J connectivity index is 2.02. The van der Waals surface area contributed by atoms with Gasteiger partial charge in [-0.3, -0.25) is 14.5 Å². The lowest BCUT2D eigenvalue weighted by Crippen LogP contribution is -2.44. The molecule has 0 fully saturated rings. The second-order valence-corrected chi connectivity index (χ2v) is 6.51. The fraction of sp³-hybridized carbons (Fsp3) is 0.158. The molecule has 0 aromatic heterocycles. The number of carbonyl (C=O) groups excluding carboxylic acids is 2. The maximum absolute atomic E-state index is 12.9. The van der Waals surface area contributed by atoms with Gasteiger partial charge in [-0.1, -0.05) is 23.7 Å². The van der Waals surface area contributed by atoms with Crippen molar-refractivity contribution in [1.82, 2.24) is 4.90 Å². The Morgan fingerprint density at radius 2 is 1.92 bits per heavy atom. The summed E-state index contributed by atoms with van der Waals surface area (Å²) in [4.78, 5) is 27.9. The Bertz CT molecular complexity index is 891. The highest BCUT2D eigenvalue weighted by Crippen LogP contribution is 2.37. The summed E-state index contributed by atoms with van der Waals surface area (Å²) in [6.45, 7) is -0.108. The molecule has 0 spiro atoms. The molecule has 1 heterocycles. The maximum atomic E-state index is 12.9. The number of nitrogens with zero attached hydrogens (tertiary/aromatic N) is 2. The number of ether oxygens (including phenoxy) is 1. The van der Waals surface area contributed by atoms with Crippen LogP contribution in [0.5, 0.6) is 5.75 Å². The fourth-order valence-corrected chi connectivity index (χ4v) is 2.60. The largest absolute Gasteiger partial charge is 0.449 e. The van der Waals surface area contributed by atoms with Crippen LogP contribution in [-0.4, -0.2) is 37.4 Å². The summed E-state index contributed by atoms with van der Waals surface area (Å²) in [6, 6.07) is 12.0. The van der Waals surface area contributed by atoms with Crippen LogP contribution < -0.4 is 15.4 Å². The van der Waals surface area contributed by atoms with Gasteiger partial charge in [-0.15, -0.1) is 0 Å². The lowest BCUT2D eigenvalue weighted by Gasteiger charge is -2.31. The highest BCUT2D eigenvalue weighted by Gasteiger charge is 2.32. The topological polar surface area (TPSA) is 75.9 Å². The van der Waals surface area contributed by atoms with Crippen molar-refractivity contribution in [2.75, 3.05) is 31.3 Å². The van der Waals surface area contributed by atoms with E-state index in [0.29, 0.717) is 22.1 Å². The molecular formula is C19H18ClN3O3. The van der Waals surface area contributed by atoms with Gasteiger partial charge in [-0.05, 0) is 42.0 Å². The second kappa shape index (κ2) is 7.09. The summed E-state index contributed by atoms with van der Waals surface area (Å²) in [5.41, 5.74) is 7.55. The first-order valence-corrected chi connectivity index (χ1v) is 8.29. The van der Waals surface area contributed by atoms with Crippen LogP contribution in [0.3, 0.4) is 0 Å². The van der Waals surface area contributed by atoms with Crippen LogP contribution in [0.4, 0.5) is 11.4 Å². The van der Waals surface area contributed by atoms with Crippen molar-refractivity contribution in [1.29, 1.82) is 0 Å². The van der Waals surface area contributed by atoms with Gasteiger partial charge in [0, 0.05) is 24.8 Å². The van der Waals surface area contributed by atoms with Crippen molar-refractivity contribution in [3.63, 3.8) is 0 Å². The summed E-state index contributed by atoms with van der Waals surface area (Å²) >= 11 is 5.89. The molecule has 2 aromatic rings. The molecule has 3 rings (SSSR count). The zero-order valence-corrected chi connectivity index (χ0v) is 15.2. The Morgan fingerprint density at radius 3 is 2.58 bits per heavy atom. The number of carbonyl (C=O) groups is 2. The van der Waals surface area contributed by atoms with E-state index in [9.17, 15) is 9.59 Å². The highest BCUT2D eigenvalue weighted by molar-refractivity contribution is 6.30. The van der Waals surface area contributed by atoms with Gasteiger partial charge in [0.15, 0.2) is 11.5 Å². The van der Waals surface area contributed by atoms with Crippen LogP contribution in [0, 0.1) is 0 Å². The lowest BCUT2D eigenvalue weighted by molar-refractivity contribution is -0.129. The van der Waals surface area contributed by atoms with Crippen LogP contribution in [0.15, 0.2) is 48.2 Å². The fourth-order valence-electron chi connectivity index (χ4n) is 2.47. The monoisotopic (exact) mass is 371 g/mol. The Kier molecular flexibility index (Phi) is 4.86. The molecule has 0 saturated heterocycles. The van der Waals surface area contributed by atoms with E-state index in [1.165, 1.54) is 9.80 Å². The predicted molar refractivity (Wildman–Crippen MR) is 102 cm³/mol. The second-order valence-electron chi connectivity index (χ2n) is 6.07. The summed E-state index contributed by atoms with van der Waals surface area (Å²) in [7, 11) is 3.27. The first kappa shape index (κ1) is 17.8. The number of hydrogen-bond acceptors (Lipinski definition) is 4.